The van der Waals surface area contributed by atoms with Crippen LogP contribution in [-0.4, -0.2) is 22.1 Å². The van der Waals surface area contributed by atoms with Crippen molar-refractivity contribution < 1.29 is 4.42 Å². The van der Waals surface area contributed by atoms with Gasteiger partial charge in [0.2, 0.25) is 5.89 Å². The number of nitrogens with zero attached hydrogens (tertiary/aromatic N) is 2. The fourth-order valence-corrected chi connectivity index (χ4v) is 1.55. The molecule has 0 aliphatic carbocycles. The van der Waals surface area contributed by atoms with Crippen molar-refractivity contribution in [1.82, 2.24) is 4.98 Å². The van der Waals surface area contributed by atoms with Crippen molar-refractivity contribution in [2.45, 2.75) is 26.3 Å². The van der Waals surface area contributed by atoms with Crippen LogP contribution in [0.2, 0.25) is 0 Å². The van der Waals surface area contributed by atoms with Crippen molar-refractivity contribution >= 4 is 28.9 Å². The van der Waals surface area contributed by atoms with E-state index in [0.29, 0.717) is 11.9 Å². The Kier molecular flexibility index (Phi) is 2.77. The van der Waals surface area contributed by atoms with Crippen LogP contribution in [0, 0.1) is 0 Å². The van der Waals surface area contributed by atoms with Gasteiger partial charge < -0.3 is 4.42 Å². The van der Waals surface area contributed by atoms with Gasteiger partial charge in [0.25, 0.3) is 0 Å². The topological polar surface area (TPSA) is 38.4 Å². The Morgan fingerprint density at radius 3 is 3.00 bits per heavy atom. The van der Waals surface area contributed by atoms with E-state index >= 15 is 0 Å². The fourth-order valence-electron chi connectivity index (χ4n) is 1.46. The lowest BCUT2D eigenvalue weighted by molar-refractivity contribution is 0.536. The molecule has 1 aliphatic heterocycles. The highest BCUT2D eigenvalue weighted by atomic mass is 32.1. The van der Waals surface area contributed by atoms with E-state index in [-0.39, 0.29) is 0 Å². The van der Waals surface area contributed by atoms with Crippen LogP contribution in [0.3, 0.4) is 0 Å². The summed E-state index contributed by atoms with van der Waals surface area (Å²) in [5.41, 5.74) is 1.83. The molecule has 1 atom stereocenters. The Labute approximate surface area is 93.9 Å². The smallest absolute Gasteiger partial charge is 0.222 e. The molecule has 4 heteroatoms. The van der Waals surface area contributed by atoms with Gasteiger partial charge in [0.1, 0.15) is 12.0 Å². The standard InChI is InChI=1S/C11H12N2OS/c1-7-5-9(3-4-12-7)11-13-10(6-14-11)8(2)15/h3-4,6-7H,5H2,1-2H3. The molecule has 78 valence electrons. The molecule has 0 fully saturated rings. The molecule has 0 saturated heterocycles. The Morgan fingerprint density at radius 1 is 1.60 bits per heavy atom. The Morgan fingerprint density at radius 2 is 2.40 bits per heavy atom. The molecule has 1 aromatic rings. The normalized spacial score (nSPS) is 20.1. The molecular weight excluding hydrogens is 208 g/mol. The van der Waals surface area contributed by atoms with Crippen molar-refractivity contribution in [2.24, 2.45) is 4.99 Å². The van der Waals surface area contributed by atoms with Crippen LogP contribution in [0.4, 0.5) is 0 Å². The van der Waals surface area contributed by atoms with Gasteiger partial charge in [-0.15, -0.1) is 0 Å². The van der Waals surface area contributed by atoms with E-state index in [1.165, 1.54) is 0 Å². The molecule has 15 heavy (non-hydrogen) atoms. The highest BCUT2D eigenvalue weighted by Crippen LogP contribution is 2.22. The summed E-state index contributed by atoms with van der Waals surface area (Å²) < 4.78 is 5.39. The van der Waals surface area contributed by atoms with E-state index in [9.17, 15) is 0 Å². The molecule has 0 radical (unpaired) electrons. The average Bonchev–Trinajstić information content (AvgIpc) is 2.66. The van der Waals surface area contributed by atoms with Gasteiger partial charge in [-0.05, 0) is 26.3 Å². The number of allylic oxidation sites excluding steroid dienone is 1. The molecule has 2 rings (SSSR count). The first kappa shape index (κ1) is 10.2. The SMILES string of the molecule is CC(=S)c1coc(C2=CC=NC(C)C2)n1. The maximum atomic E-state index is 5.39. The monoisotopic (exact) mass is 220 g/mol. The zero-order valence-corrected chi connectivity index (χ0v) is 9.54. The van der Waals surface area contributed by atoms with Crippen LogP contribution in [-0.2, 0) is 0 Å². The van der Waals surface area contributed by atoms with Gasteiger partial charge >= 0.3 is 0 Å². The van der Waals surface area contributed by atoms with Crippen LogP contribution in [0.25, 0.3) is 5.57 Å². The zero-order chi connectivity index (χ0) is 10.8. The third-order valence-electron chi connectivity index (χ3n) is 2.27. The molecule has 1 aliphatic rings. The Balaban J connectivity index is 2.26. The lowest BCUT2D eigenvalue weighted by Gasteiger charge is -2.10. The van der Waals surface area contributed by atoms with Crippen molar-refractivity contribution in [1.29, 1.82) is 0 Å². The first-order valence-corrected chi connectivity index (χ1v) is 5.27. The minimum Gasteiger partial charge on any atom is -0.444 e. The summed E-state index contributed by atoms with van der Waals surface area (Å²) in [6.07, 6.45) is 6.22. The highest BCUT2D eigenvalue weighted by molar-refractivity contribution is 7.80. The lowest BCUT2D eigenvalue weighted by atomic mass is 10.1. The predicted octanol–water partition coefficient (Wildman–Crippen LogP) is 2.66. The molecule has 0 spiro atoms. The minimum atomic E-state index is 0.300. The molecular formula is C11H12N2OS. The van der Waals surface area contributed by atoms with Crippen LogP contribution in [0.1, 0.15) is 31.9 Å². The average molecular weight is 220 g/mol. The molecule has 0 aromatic carbocycles. The molecule has 1 unspecified atom stereocenters. The first-order valence-electron chi connectivity index (χ1n) is 4.86. The van der Waals surface area contributed by atoms with Crippen molar-refractivity contribution in [2.75, 3.05) is 0 Å². The second kappa shape index (κ2) is 4.06. The van der Waals surface area contributed by atoms with Crippen molar-refractivity contribution in [3.63, 3.8) is 0 Å². The summed E-state index contributed by atoms with van der Waals surface area (Å²) >= 11 is 5.03. The zero-order valence-electron chi connectivity index (χ0n) is 8.73. The Bertz CT molecular complexity index is 445. The van der Waals surface area contributed by atoms with Gasteiger partial charge in [-0.3, -0.25) is 4.99 Å². The second-order valence-corrected chi connectivity index (χ2v) is 4.25. The summed E-state index contributed by atoms with van der Waals surface area (Å²) in [6.45, 7) is 3.91. The second-order valence-electron chi connectivity index (χ2n) is 3.64. The minimum absolute atomic E-state index is 0.300. The third kappa shape index (κ3) is 2.21. The largest absolute Gasteiger partial charge is 0.444 e. The van der Waals surface area contributed by atoms with E-state index in [2.05, 4.69) is 16.9 Å². The summed E-state index contributed by atoms with van der Waals surface area (Å²) in [7, 11) is 0. The quantitative estimate of drug-likeness (QED) is 0.568. The molecule has 0 amide bonds. The summed E-state index contributed by atoms with van der Waals surface area (Å²) in [5, 5.41) is 0. The first-order chi connectivity index (χ1) is 7.16. The van der Waals surface area contributed by atoms with Crippen LogP contribution < -0.4 is 0 Å². The summed E-state index contributed by atoms with van der Waals surface area (Å²) in [4.78, 5) is 9.33. The number of oxazole rings is 1. The van der Waals surface area contributed by atoms with Crippen LogP contribution in [0.15, 0.2) is 21.7 Å². The number of dihydropyridines is 1. The number of aromatic nitrogens is 1. The van der Waals surface area contributed by atoms with Gasteiger partial charge in [0.05, 0.1) is 6.04 Å². The van der Waals surface area contributed by atoms with Crippen LogP contribution in [0.5, 0.6) is 0 Å². The molecule has 3 nitrogen and oxygen atoms in total. The molecule has 0 bridgehead atoms. The summed E-state index contributed by atoms with van der Waals surface area (Å²) in [6, 6.07) is 0.300. The Hall–Kier alpha value is -1.29. The van der Waals surface area contributed by atoms with Gasteiger partial charge in [-0.1, -0.05) is 12.2 Å². The van der Waals surface area contributed by atoms with Gasteiger partial charge in [0.15, 0.2) is 0 Å². The molecule has 1 aromatic heterocycles. The van der Waals surface area contributed by atoms with E-state index in [1.807, 2.05) is 13.0 Å². The van der Waals surface area contributed by atoms with Crippen LogP contribution >= 0.6 is 12.2 Å². The van der Waals surface area contributed by atoms with E-state index in [0.717, 1.165) is 22.6 Å². The van der Waals surface area contributed by atoms with Crippen molar-refractivity contribution in [3.05, 3.63) is 23.9 Å². The van der Waals surface area contributed by atoms with E-state index in [4.69, 9.17) is 16.6 Å². The maximum Gasteiger partial charge on any atom is 0.222 e. The molecule has 0 saturated carbocycles. The summed E-state index contributed by atoms with van der Waals surface area (Å²) in [5.74, 6) is 0.659. The number of hydrogen-bond donors (Lipinski definition) is 0. The van der Waals surface area contributed by atoms with E-state index in [1.54, 1.807) is 12.5 Å². The lowest BCUT2D eigenvalue weighted by Crippen LogP contribution is -2.05. The van der Waals surface area contributed by atoms with Gasteiger partial charge in [-0.2, -0.15) is 0 Å². The van der Waals surface area contributed by atoms with Crippen molar-refractivity contribution in [3.8, 4) is 0 Å². The van der Waals surface area contributed by atoms with Gasteiger partial charge in [0, 0.05) is 16.7 Å². The van der Waals surface area contributed by atoms with Gasteiger partial charge in [-0.25, -0.2) is 4.98 Å². The number of hydrogen-bond acceptors (Lipinski definition) is 4. The predicted molar refractivity (Wildman–Crippen MR) is 64.4 cm³/mol. The third-order valence-corrected chi connectivity index (χ3v) is 2.48. The molecule has 0 N–H and O–H groups in total. The number of aliphatic imine (C=N–C) groups is 1. The molecule has 2 heterocycles. The highest BCUT2D eigenvalue weighted by Gasteiger charge is 2.14. The maximum absolute atomic E-state index is 5.39. The number of rotatable bonds is 2. The van der Waals surface area contributed by atoms with E-state index < -0.39 is 0 Å². The fraction of sp³-hybridized carbons (Fsp3) is 0.364. The number of thiocarbonyl (C=S) groups is 1.